The molecule has 0 bridgehead atoms. The Morgan fingerprint density at radius 1 is 1.11 bits per heavy atom. The van der Waals surface area contributed by atoms with E-state index in [9.17, 15) is 18.0 Å². The van der Waals surface area contributed by atoms with Gasteiger partial charge in [0.2, 0.25) is 17.9 Å². The fourth-order valence-corrected chi connectivity index (χ4v) is 3.63. The molecule has 0 fully saturated rings. The Kier molecular flexibility index (Phi) is 7.35. The standard InChI is InChI=1S/C25H21ClF3N5O3/c1-3-22(35)36-17-7-4-15(5-8-17)19-13-21(32-24(30)31-19)37-23(25(27,28)29)18-9-6-16(26)12-20(18)34-11-10-14(2)33-34/h4-13,23H,3H2,1-2H3,(H2,30,31,32)/t23-/m1/s1. The van der Waals surface area contributed by atoms with E-state index < -0.39 is 18.2 Å². The number of hydrogen-bond donors (Lipinski definition) is 1. The van der Waals surface area contributed by atoms with Crippen molar-refractivity contribution >= 4 is 23.5 Å². The van der Waals surface area contributed by atoms with Gasteiger partial charge in [0.1, 0.15) is 5.75 Å². The zero-order valence-corrected chi connectivity index (χ0v) is 20.4. The average Bonchev–Trinajstić information content (AvgIpc) is 3.28. The van der Waals surface area contributed by atoms with Gasteiger partial charge in [-0.1, -0.05) is 24.6 Å². The van der Waals surface area contributed by atoms with E-state index in [4.69, 9.17) is 26.8 Å². The number of halogens is 4. The van der Waals surface area contributed by atoms with E-state index in [1.165, 1.54) is 47.3 Å². The number of ether oxygens (including phenoxy) is 2. The number of alkyl halides is 3. The zero-order chi connectivity index (χ0) is 26.7. The Hall–Kier alpha value is -4.12. The van der Waals surface area contributed by atoms with Crippen LogP contribution < -0.4 is 15.2 Å². The van der Waals surface area contributed by atoms with Gasteiger partial charge in [-0.3, -0.25) is 4.79 Å². The van der Waals surface area contributed by atoms with E-state index in [1.54, 1.807) is 32.0 Å². The van der Waals surface area contributed by atoms with E-state index >= 15 is 0 Å². The van der Waals surface area contributed by atoms with Crippen LogP contribution in [0.2, 0.25) is 5.02 Å². The largest absolute Gasteiger partial charge is 0.459 e. The van der Waals surface area contributed by atoms with Gasteiger partial charge in [-0.05, 0) is 49.4 Å². The zero-order valence-electron chi connectivity index (χ0n) is 19.7. The lowest BCUT2D eigenvalue weighted by atomic mass is 10.1. The third-order valence-electron chi connectivity index (χ3n) is 5.17. The van der Waals surface area contributed by atoms with Crippen LogP contribution in [0, 0.1) is 6.92 Å². The van der Waals surface area contributed by atoms with Crippen molar-refractivity contribution in [1.29, 1.82) is 0 Å². The summed E-state index contributed by atoms with van der Waals surface area (Å²) in [6.07, 6.45) is -5.50. The van der Waals surface area contributed by atoms with E-state index in [-0.39, 0.29) is 40.2 Å². The molecule has 37 heavy (non-hydrogen) atoms. The molecule has 0 aliphatic carbocycles. The Morgan fingerprint density at radius 2 is 1.84 bits per heavy atom. The highest BCUT2D eigenvalue weighted by Crippen LogP contribution is 2.40. The predicted molar refractivity (Wildman–Crippen MR) is 131 cm³/mol. The molecule has 0 aliphatic rings. The summed E-state index contributed by atoms with van der Waals surface area (Å²) in [6.45, 7) is 3.38. The Morgan fingerprint density at radius 3 is 2.46 bits per heavy atom. The van der Waals surface area contributed by atoms with Crippen LogP contribution in [0.25, 0.3) is 16.9 Å². The number of aryl methyl sites for hydroxylation is 1. The van der Waals surface area contributed by atoms with Crippen LogP contribution in [-0.2, 0) is 4.79 Å². The lowest BCUT2D eigenvalue weighted by Gasteiger charge is -2.24. The molecule has 0 unspecified atom stereocenters. The van der Waals surface area contributed by atoms with E-state index in [0.717, 1.165) is 0 Å². The molecule has 8 nitrogen and oxygen atoms in total. The summed E-state index contributed by atoms with van der Waals surface area (Å²) in [5.74, 6) is -0.757. The molecule has 4 aromatic rings. The first-order chi connectivity index (χ1) is 17.5. The Balaban J connectivity index is 1.70. The Bertz CT molecular complexity index is 1420. The van der Waals surface area contributed by atoms with Crippen molar-refractivity contribution in [2.75, 3.05) is 5.73 Å². The highest BCUT2D eigenvalue weighted by Gasteiger charge is 2.45. The molecule has 2 N–H and O–H groups in total. The summed E-state index contributed by atoms with van der Waals surface area (Å²) in [4.78, 5) is 19.4. The predicted octanol–water partition coefficient (Wildman–Crippen LogP) is 5.87. The first-order valence-corrected chi connectivity index (χ1v) is 11.4. The van der Waals surface area contributed by atoms with Crippen LogP contribution in [0.1, 0.15) is 30.7 Å². The lowest BCUT2D eigenvalue weighted by Crippen LogP contribution is -2.28. The fourth-order valence-electron chi connectivity index (χ4n) is 3.46. The SMILES string of the molecule is CCC(=O)Oc1ccc(-c2cc(O[C@H](c3ccc(Cl)cc3-n3ccc(C)n3)C(F)(F)F)nc(N)n2)cc1. The quantitative estimate of drug-likeness (QED) is 0.235. The van der Waals surface area contributed by atoms with Gasteiger partial charge >= 0.3 is 12.1 Å². The maximum Gasteiger partial charge on any atom is 0.429 e. The molecule has 0 saturated carbocycles. The van der Waals surface area contributed by atoms with Crippen molar-refractivity contribution in [2.45, 2.75) is 32.5 Å². The maximum absolute atomic E-state index is 14.3. The molecule has 0 aliphatic heterocycles. The second kappa shape index (κ2) is 10.5. The van der Waals surface area contributed by atoms with Gasteiger partial charge in [-0.25, -0.2) is 9.67 Å². The molecule has 0 radical (unpaired) electrons. The average molecular weight is 532 g/mol. The number of benzene rings is 2. The smallest absolute Gasteiger partial charge is 0.429 e. The summed E-state index contributed by atoms with van der Waals surface area (Å²) in [5.41, 5.74) is 7.00. The highest BCUT2D eigenvalue weighted by molar-refractivity contribution is 6.30. The van der Waals surface area contributed by atoms with Crippen LogP contribution in [0.15, 0.2) is 60.8 Å². The first kappa shape index (κ1) is 26.0. The van der Waals surface area contributed by atoms with Crippen LogP contribution in [0.3, 0.4) is 0 Å². The van der Waals surface area contributed by atoms with Gasteiger partial charge in [0.15, 0.2) is 0 Å². The molecular formula is C25H21ClF3N5O3. The van der Waals surface area contributed by atoms with Crippen LogP contribution >= 0.6 is 11.6 Å². The number of hydrogen-bond acceptors (Lipinski definition) is 7. The number of carbonyl (C=O) groups is 1. The first-order valence-electron chi connectivity index (χ1n) is 11.0. The van der Waals surface area contributed by atoms with Crippen LogP contribution in [0.4, 0.5) is 19.1 Å². The minimum Gasteiger partial charge on any atom is -0.459 e. The summed E-state index contributed by atoms with van der Waals surface area (Å²) >= 11 is 6.08. The third kappa shape index (κ3) is 6.18. The van der Waals surface area contributed by atoms with Gasteiger partial charge in [-0.15, -0.1) is 0 Å². The van der Waals surface area contributed by atoms with Crippen molar-refractivity contribution in [3.63, 3.8) is 0 Å². The number of carbonyl (C=O) groups excluding carboxylic acids is 1. The molecule has 2 aromatic carbocycles. The summed E-state index contributed by atoms with van der Waals surface area (Å²) in [7, 11) is 0. The lowest BCUT2D eigenvalue weighted by molar-refractivity contribution is -0.198. The highest BCUT2D eigenvalue weighted by atomic mass is 35.5. The van der Waals surface area contributed by atoms with Crippen molar-refractivity contribution in [1.82, 2.24) is 19.7 Å². The molecule has 4 rings (SSSR count). The van der Waals surface area contributed by atoms with Gasteiger partial charge in [-0.2, -0.15) is 23.3 Å². The van der Waals surface area contributed by atoms with Gasteiger partial charge in [0.25, 0.3) is 0 Å². The van der Waals surface area contributed by atoms with Gasteiger partial charge in [0, 0.05) is 34.8 Å². The van der Waals surface area contributed by atoms with Crippen molar-refractivity contribution in [3.05, 3.63) is 77.1 Å². The molecule has 0 amide bonds. The van der Waals surface area contributed by atoms with E-state index in [0.29, 0.717) is 17.0 Å². The van der Waals surface area contributed by atoms with Crippen molar-refractivity contribution < 1.29 is 27.4 Å². The second-order valence-electron chi connectivity index (χ2n) is 7.95. The van der Waals surface area contributed by atoms with Crippen LogP contribution in [-0.4, -0.2) is 31.9 Å². The van der Waals surface area contributed by atoms with Crippen molar-refractivity contribution in [2.24, 2.45) is 0 Å². The molecular weight excluding hydrogens is 511 g/mol. The molecule has 2 aromatic heterocycles. The number of aromatic nitrogens is 4. The molecule has 192 valence electrons. The Labute approximate surface area is 214 Å². The van der Waals surface area contributed by atoms with Crippen molar-refractivity contribution in [3.8, 4) is 28.6 Å². The van der Waals surface area contributed by atoms with E-state index in [2.05, 4.69) is 15.1 Å². The molecule has 0 saturated heterocycles. The monoisotopic (exact) mass is 531 g/mol. The summed E-state index contributed by atoms with van der Waals surface area (Å²) in [5, 5.41) is 4.44. The summed E-state index contributed by atoms with van der Waals surface area (Å²) < 4.78 is 54.7. The number of anilines is 1. The topological polar surface area (TPSA) is 105 Å². The fraction of sp³-hybridized carbons (Fsp3) is 0.200. The normalized spacial score (nSPS) is 12.3. The van der Waals surface area contributed by atoms with Crippen LogP contribution in [0.5, 0.6) is 11.6 Å². The number of nitrogens with two attached hydrogens (primary N) is 1. The minimum atomic E-state index is -4.82. The molecule has 2 heterocycles. The summed E-state index contributed by atoms with van der Waals surface area (Å²) in [6, 6.07) is 13.1. The molecule has 12 heteroatoms. The number of rotatable bonds is 7. The number of nitrogen functional groups attached to an aromatic ring is 1. The molecule has 0 spiro atoms. The van der Waals surface area contributed by atoms with E-state index in [1.807, 2.05) is 0 Å². The molecule has 1 atom stereocenters. The van der Waals surface area contributed by atoms with Gasteiger partial charge in [0.05, 0.1) is 17.1 Å². The third-order valence-corrected chi connectivity index (χ3v) is 5.41. The minimum absolute atomic E-state index is 0.0994. The maximum atomic E-state index is 14.3. The van der Waals surface area contributed by atoms with Gasteiger partial charge < -0.3 is 15.2 Å². The number of esters is 1. The number of nitrogens with zero attached hydrogens (tertiary/aromatic N) is 4. The second-order valence-corrected chi connectivity index (χ2v) is 8.38.